The molecular formula is C27H28O4P2W+2. The minimum absolute atomic E-state index is 0. The van der Waals surface area contributed by atoms with Gasteiger partial charge >= 0.3 is 45.2 Å². The predicted octanol–water partition coefficient (Wildman–Crippen LogP) is 4.65. The Morgan fingerprint density at radius 3 is 1.12 bits per heavy atom. The molecule has 0 fully saturated rings. The number of benzene rings is 3. The maximum atomic E-state index is 7.50. The van der Waals surface area contributed by atoms with Gasteiger partial charge in [0, 0.05) is 29.0 Å². The van der Waals surface area contributed by atoms with Gasteiger partial charge in [-0.3, -0.25) is 0 Å². The van der Waals surface area contributed by atoms with Crippen LogP contribution in [0.3, 0.4) is 0 Å². The molecule has 4 nitrogen and oxygen atoms in total. The molecule has 3 aromatic rings. The fourth-order valence-electron chi connectivity index (χ4n) is 3.41. The van der Waals surface area contributed by atoms with Crippen molar-refractivity contribution in [1.82, 2.24) is 0 Å². The SMILES string of the molecule is CC(C)[PH+](CC[PH+](c1ccccc1)c1ccccc1)c1ccccc1.[C-]#[O+].[C-]#[O+].[C-]#[O+].[C-]#[O+].[W]. The van der Waals surface area contributed by atoms with Crippen LogP contribution in [0.15, 0.2) is 91.0 Å². The zero-order chi connectivity index (χ0) is 25.5. The minimum atomic E-state index is -0.709. The van der Waals surface area contributed by atoms with Crippen LogP contribution >= 0.6 is 15.8 Å². The first-order valence-corrected chi connectivity index (χ1v) is 13.4. The van der Waals surface area contributed by atoms with E-state index in [2.05, 4.69) is 131 Å². The molecule has 0 aliphatic carbocycles. The van der Waals surface area contributed by atoms with Crippen LogP contribution in [-0.2, 0) is 39.7 Å². The number of rotatable bonds is 7. The van der Waals surface area contributed by atoms with Crippen LogP contribution in [0.2, 0.25) is 0 Å². The van der Waals surface area contributed by atoms with Crippen molar-refractivity contribution in [2.75, 3.05) is 12.3 Å². The maximum Gasteiger partial charge on any atom is 0 e. The monoisotopic (exact) mass is 662 g/mol. The average molecular weight is 662 g/mol. The second-order valence-corrected chi connectivity index (χ2v) is 12.7. The molecule has 0 N–H and O–H groups in total. The molecule has 0 radical (unpaired) electrons. The van der Waals surface area contributed by atoms with Crippen LogP contribution < -0.4 is 15.9 Å². The average Bonchev–Trinajstić information content (AvgIpc) is 2.92. The van der Waals surface area contributed by atoms with E-state index < -0.39 is 15.8 Å². The molecule has 1 atom stereocenters. The summed E-state index contributed by atoms with van der Waals surface area (Å²) < 4.78 is 30.0. The molecule has 174 valence electrons. The third kappa shape index (κ3) is 13.8. The molecule has 0 saturated carbocycles. The van der Waals surface area contributed by atoms with Crippen molar-refractivity contribution in [1.29, 1.82) is 0 Å². The van der Waals surface area contributed by atoms with Gasteiger partial charge in [0.25, 0.3) is 0 Å². The van der Waals surface area contributed by atoms with E-state index in [4.69, 9.17) is 18.6 Å². The Bertz CT molecular complexity index is 864. The molecule has 0 aliphatic heterocycles. The predicted molar refractivity (Wildman–Crippen MR) is 135 cm³/mol. The molecule has 3 aromatic carbocycles. The van der Waals surface area contributed by atoms with Crippen LogP contribution in [-0.4, -0.2) is 18.0 Å². The van der Waals surface area contributed by atoms with Crippen molar-refractivity contribution in [2.45, 2.75) is 19.5 Å². The van der Waals surface area contributed by atoms with Crippen molar-refractivity contribution in [2.24, 2.45) is 0 Å². The first-order valence-electron chi connectivity index (χ1n) is 9.95. The molecule has 0 spiro atoms. The third-order valence-electron chi connectivity index (χ3n) is 4.73. The van der Waals surface area contributed by atoms with Crippen molar-refractivity contribution in [3.05, 3.63) is 118 Å². The van der Waals surface area contributed by atoms with Gasteiger partial charge in [-0.05, 0) is 50.2 Å². The van der Waals surface area contributed by atoms with Gasteiger partial charge in [-0.25, -0.2) is 0 Å². The van der Waals surface area contributed by atoms with Crippen molar-refractivity contribution in [3.63, 3.8) is 0 Å². The van der Waals surface area contributed by atoms with E-state index >= 15 is 0 Å². The van der Waals surface area contributed by atoms with Gasteiger partial charge in [0.15, 0.2) is 0 Å². The summed E-state index contributed by atoms with van der Waals surface area (Å²) >= 11 is 0. The molecule has 1 unspecified atom stereocenters. The Morgan fingerprint density at radius 1 is 0.529 bits per heavy atom. The molecule has 7 heteroatoms. The van der Waals surface area contributed by atoms with E-state index in [-0.39, 0.29) is 21.1 Å². The summed E-state index contributed by atoms with van der Waals surface area (Å²) in [4.78, 5) is 0. The summed E-state index contributed by atoms with van der Waals surface area (Å²) in [5.41, 5.74) is 0.766. The Kier molecular flexibility index (Phi) is 27.9. The quantitative estimate of drug-likeness (QED) is 0.201. The van der Waals surface area contributed by atoms with Gasteiger partial charge in [-0.1, -0.05) is 54.6 Å². The van der Waals surface area contributed by atoms with Gasteiger partial charge < -0.3 is 0 Å². The maximum absolute atomic E-state index is 7.50. The van der Waals surface area contributed by atoms with Crippen LogP contribution in [0.1, 0.15) is 13.8 Å². The summed E-state index contributed by atoms with van der Waals surface area (Å²) in [7, 11) is -1.23. The van der Waals surface area contributed by atoms with Crippen LogP contribution in [0.5, 0.6) is 0 Å². The van der Waals surface area contributed by atoms with Gasteiger partial charge in [-0.2, -0.15) is 0 Å². The van der Waals surface area contributed by atoms with Crippen LogP contribution in [0.4, 0.5) is 0 Å². The number of hydrogen-bond donors (Lipinski definition) is 0. The molecule has 0 aromatic heterocycles. The first-order chi connectivity index (χ1) is 16.3. The fraction of sp³-hybridized carbons (Fsp3) is 0.185. The Balaban J connectivity index is -0.000000969. The Morgan fingerprint density at radius 2 is 0.824 bits per heavy atom. The molecule has 0 saturated heterocycles. The molecule has 34 heavy (non-hydrogen) atoms. The largest absolute Gasteiger partial charge is 0 e. The van der Waals surface area contributed by atoms with Crippen molar-refractivity contribution in [3.8, 4) is 0 Å². The Hall–Kier alpha value is -1.83. The van der Waals surface area contributed by atoms with E-state index in [0.717, 1.165) is 5.66 Å². The summed E-state index contributed by atoms with van der Waals surface area (Å²) in [6.45, 7) is 22.8. The van der Waals surface area contributed by atoms with Gasteiger partial charge in [0.1, 0.15) is 6.16 Å². The molecule has 0 aliphatic rings. The van der Waals surface area contributed by atoms with E-state index in [1.54, 1.807) is 5.30 Å². The number of hydrogen-bond acceptors (Lipinski definition) is 0. The van der Waals surface area contributed by atoms with Crippen molar-refractivity contribution < 1.29 is 39.7 Å². The zero-order valence-corrected chi connectivity index (χ0v) is 24.1. The van der Waals surface area contributed by atoms with Crippen LogP contribution in [0.25, 0.3) is 0 Å². The second-order valence-electron chi connectivity index (χ2n) is 6.76. The zero-order valence-electron chi connectivity index (χ0n) is 19.2. The fourth-order valence-corrected chi connectivity index (χ4v) is 9.74. The summed E-state index contributed by atoms with van der Waals surface area (Å²) in [5.74, 6) is 0. The van der Waals surface area contributed by atoms with E-state index in [0.29, 0.717) is 0 Å². The standard InChI is InChI=1S/C23H26P2.4CO.W/c1-20(2)24(21-12-6-3-7-13-21)18-19-25(22-14-8-4-9-15-22)23-16-10-5-11-17-23;4*1-2;/h3-17,20H,18-19H2,1-2H3;;;;;/p+2. The normalized spacial score (nSPS) is 9.41. The minimum Gasteiger partial charge on any atom is 0 e. The first kappa shape index (κ1) is 36.7. The summed E-state index contributed by atoms with van der Waals surface area (Å²) in [5, 5.41) is 4.67. The third-order valence-corrected chi connectivity index (χ3v) is 11.3. The molecule has 3 rings (SSSR count). The molecule has 0 heterocycles. The Labute approximate surface area is 220 Å². The molecular weight excluding hydrogens is 634 g/mol. The summed E-state index contributed by atoms with van der Waals surface area (Å²) in [6, 6.07) is 33.5. The molecule has 0 amide bonds. The van der Waals surface area contributed by atoms with Crippen molar-refractivity contribution >= 4 is 31.8 Å². The van der Waals surface area contributed by atoms with Gasteiger partial charge in [0.2, 0.25) is 0 Å². The molecule has 0 bridgehead atoms. The smallest absolute Gasteiger partial charge is 0 e. The van der Waals surface area contributed by atoms with E-state index in [9.17, 15) is 0 Å². The topological polar surface area (TPSA) is 79.6 Å². The summed E-state index contributed by atoms with van der Waals surface area (Å²) in [6.07, 6.45) is 2.67. The second kappa shape index (κ2) is 25.8. The van der Waals surface area contributed by atoms with Gasteiger partial charge in [-0.15, -0.1) is 0 Å². The van der Waals surface area contributed by atoms with Crippen LogP contribution in [0, 0.1) is 26.6 Å². The van der Waals surface area contributed by atoms with E-state index in [1.165, 1.54) is 22.9 Å². The van der Waals surface area contributed by atoms with E-state index in [1.807, 2.05) is 0 Å². The van der Waals surface area contributed by atoms with Gasteiger partial charge in [0.05, 0.1) is 35.7 Å².